The van der Waals surface area contributed by atoms with Gasteiger partial charge in [-0.25, -0.2) is 0 Å². The number of anilines is 3. The summed E-state index contributed by atoms with van der Waals surface area (Å²) in [5.41, 5.74) is 14.5. The van der Waals surface area contributed by atoms with Crippen molar-refractivity contribution in [3.63, 3.8) is 0 Å². The number of fused-ring (bicyclic) bond motifs is 8. The Morgan fingerprint density at radius 1 is 0.375 bits per heavy atom. The minimum Gasteiger partial charge on any atom is -0.455 e. The summed E-state index contributed by atoms with van der Waals surface area (Å²) in [6.45, 7) is 0. The Morgan fingerprint density at radius 2 is 0.931 bits per heavy atom. The van der Waals surface area contributed by atoms with Crippen LogP contribution >= 0.6 is 0 Å². The maximum Gasteiger partial charge on any atom is 0.143 e. The largest absolute Gasteiger partial charge is 0.455 e. The topological polar surface area (TPSA) is 16.4 Å². The molecule has 0 spiro atoms. The highest BCUT2D eigenvalue weighted by atomic mass is 16.3. The van der Waals surface area contributed by atoms with Gasteiger partial charge < -0.3 is 9.32 Å². The zero-order chi connectivity index (χ0) is 47.3. The van der Waals surface area contributed by atoms with E-state index in [-0.39, 0.29) is 0 Å². The minimum atomic E-state index is 0.342. The molecule has 72 heavy (non-hydrogen) atoms. The Balaban J connectivity index is 0.873. The normalized spacial score (nSPS) is 19.2. The Labute approximate surface area is 420 Å². The van der Waals surface area contributed by atoms with Crippen LogP contribution in [0.4, 0.5) is 17.1 Å². The van der Waals surface area contributed by atoms with Crippen LogP contribution in [0.5, 0.6) is 0 Å². The van der Waals surface area contributed by atoms with Crippen molar-refractivity contribution in [1.29, 1.82) is 0 Å². The highest BCUT2D eigenvalue weighted by Gasteiger charge is 2.51. The quantitative estimate of drug-likeness (QED) is 0.141. The molecule has 0 radical (unpaired) electrons. The van der Waals surface area contributed by atoms with Crippen molar-refractivity contribution in [3.05, 3.63) is 236 Å². The van der Waals surface area contributed by atoms with E-state index in [1.807, 2.05) is 0 Å². The molecular formula is C70H53NO. The molecule has 4 fully saturated rings. The van der Waals surface area contributed by atoms with Crippen molar-refractivity contribution in [2.24, 2.45) is 17.8 Å². The van der Waals surface area contributed by atoms with Gasteiger partial charge in [-0.2, -0.15) is 0 Å². The lowest BCUT2D eigenvalue weighted by Crippen LogP contribution is -2.48. The molecule has 0 unspecified atom stereocenters. The minimum absolute atomic E-state index is 0.342. The number of hydrogen-bond donors (Lipinski definition) is 0. The maximum absolute atomic E-state index is 7.01. The molecule has 0 saturated heterocycles. The Kier molecular flexibility index (Phi) is 9.49. The van der Waals surface area contributed by atoms with Crippen molar-refractivity contribution in [1.82, 2.24) is 0 Å². The SMILES string of the molecule is c1ccc(-c2oc3c4ccccc4c4cc(-c5ccc(N(c6ccc(C78CC9CC(CC(C9)C7)C8)cc6)c6ccc(-c7cccc8ccccc78)c7ccccc67)cc5)ccc4c3c2-c2ccccc2)cc1. The zero-order valence-electron chi connectivity index (χ0n) is 40.3. The lowest BCUT2D eigenvalue weighted by molar-refractivity contribution is -0.00518. The molecule has 0 amide bonds. The molecule has 1 heterocycles. The molecule has 0 N–H and O–H groups in total. The van der Waals surface area contributed by atoms with E-state index < -0.39 is 0 Å². The highest BCUT2D eigenvalue weighted by Crippen LogP contribution is 2.61. The molecule has 0 aliphatic heterocycles. The number of hydrogen-bond acceptors (Lipinski definition) is 2. The molecule has 2 nitrogen and oxygen atoms in total. The average molecular weight is 924 g/mol. The van der Waals surface area contributed by atoms with Crippen LogP contribution in [-0.4, -0.2) is 0 Å². The first-order valence-corrected chi connectivity index (χ1v) is 26.2. The molecule has 2 heteroatoms. The summed E-state index contributed by atoms with van der Waals surface area (Å²) >= 11 is 0. The fraction of sp³-hybridized carbons (Fsp3) is 0.143. The Bertz CT molecular complexity index is 4010. The molecule has 344 valence electrons. The number of benzene rings is 11. The summed E-state index contributed by atoms with van der Waals surface area (Å²) in [5.74, 6) is 3.62. The first-order chi connectivity index (χ1) is 35.6. The highest BCUT2D eigenvalue weighted by molar-refractivity contribution is 6.29. The number of rotatable bonds is 8. The van der Waals surface area contributed by atoms with Gasteiger partial charge in [0.2, 0.25) is 0 Å². The molecule has 11 aromatic carbocycles. The standard InChI is InChI=1S/C70H53NO/c1-3-15-50(16-4-1)66-67-62-35-28-52(41-64(62)59-22-10-12-24-63(59)69(67)72-68(66)51-17-5-2-6-18-51)48-26-31-54(32-27-48)71(55-33-29-53(30-34-55)70-42-45-38-46(43-70)40-47(39-45)44-70)65-37-36-60(58-21-9-11-23-61(58)65)57-25-13-19-49-14-7-8-20-56(49)57/h1-37,41,45-47H,38-40,42-44H2. The van der Waals surface area contributed by atoms with Crippen LogP contribution in [0.15, 0.2) is 235 Å². The second kappa shape index (κ2) is 16.4. The van der Waals surface area contributed by atoms with Crippen LogP contribution in [-0.2, 0) is 5.41 Å². The molecule has 12 aromatic rings. The summed E-state index contributed by atoms with van der Waals surface area (Å²) in [7, 11) is 0. The Hall–Kier alpha value is -8.20. The molecule has 16 rings (SSSR count). The maximum atomic E-state index is 7.01. The van der Waals surface area contributed by atoms with Gasteiger partial charge in [0, 0.05) is 38.7 Å². The van der Waals surface area contributed by atoms with Gasteiger partial charge in [-0.15, -0.1) is 0 Å². The van der Waals surface area contributed by atoms with Crippen molar-refractivity contribution in [2.45, 2.75) is 43.9 Å². The van der Waals surface area contributed by atoms with Crippen LogP contribution in [0.1, 0.15) is 44.1 Å². The van der Waals surface area contributed by atoms with Gasteiger partial charge >= 0.3 is 0 Å². The first kappa shape index (κ1) is 41.6. The van der Waals surface area contributed by atoms with Crippen LogP contribution in [0.25, 0.3) is 98.8 Å². The van der Waals surface area contributed by atoms with Gasteiger partial charge in [0.05, 0.1) is 5.69 Å². The summed E-state index contributed by atoms with van der Waals surface area (Å²) in [6, 6.07) is 85.4. The van der Waals surface area contributed by atoms with Crippen molar-refractivity contribution in [2.75, 3.05) is 4.90 Å². The summed E-state index contributed by atoms with van der Waals surface area (Å²) in [6.07, 6.45) is 8.46. The van der Waals surface area contributed by atoms with Crippen molar-refractivity contribution in [3.8, 4) is 44.7 Å². The molecule has 4 saturated carbocycles. The predicted molar refractivity (Wildman–Crippen MR) is 303 cm³/mol. The van der Waals surface area contributed by atoms with Gasteiger partial charge in [-0.3, -0.25) is 0 Å². The molecule has 0 atom stereocenters. The summed E-state index contributed by atoms with van der Waals surface area (Å²) in [4.78, 5) is 2.50. The van der Waals surface area contributed by atoms with E-state index in [4.69, 9.17) is 4.42 Å². The summed E-state index contributed by atoms with van der Waals surface area (Å²) < 4.78 is 7.01. The van der Waals surface area contributed by atoms with Gasteiger partial charge in [-0.1, -0.05) is 194 Å². The number of furan rings is 1. The molecule has 1 aromatic heterocycles. The van der Waals surface area contributed by atoms with E-state index in [1.54, 1.807) is 5.56 Å². The van der Waals surface area contributed by atoms with E-state index >= 15 is 0 Å². The van der Waals surface area contributed by atoms with Crippen LogP contribution < -0.4 is 4.90 Å². The summed E-state index contributed by atoms with van der Waals surface area (Å²) in [5, 5.41) is 10.9. The Morgan fingerprint density at radius 3 is 1.64 bits per heavy atom. The third kappa shape index (κ3) is 6.62. The molecule has 4 aliphatic carbocycles. The van der Waals surface area contributed by atoms with Crippen molar-refractivity contribution >= 4 is 71.1 Å². The van der Waals surface area contributed by atoms with Crippen LogP contribution in [0.2, 0.25) is 0 Å². The van der Waals surface area contributed by atoms with Crippen LogP contribution in [0, 0.1) is 17.8 Å². The first-order valence-electron chi connectivity index (χ1n) is 26.2. The smallest absolute Gasteiger partial charge is 0.143 e. The average Bonchev–Trinajstić information content (AvgIpc) is 3.85. The third-order valence-electron chi connectivity index (χ3n) is 17.2. The second-order valence-electron chi connectivity index (χ2n) is 21.4. The lowest BCUT2D eigenvalue weighted by Gasteiger charge is -2.57. The van der Waals surface area contributed by atoms with E-state index in [0.29, 0.717) is 5.41 Å². The van der Waals surface area contributed by atoms with Gasteiger partial charge in [0.15, 0.2) is 0 Å². The zero-order valence-corrected chi connectivity index (χ0v) is 40.3. The van der Waals surface area contributed by atoms with Gasteiger partial charge in [0.25, 0.3) is 0 Å². The molecular weight excluding hydrogens is 871 g/mol. The van der Waals surface area contributed by atoms with E-state index in [1.165, 1.54) is 110 Å². The fourth-order valence-corrected chi connectivity index (χ4v) is 14.5. The van der Waals surface area contributed by atoms with Crippen molar-refractivity contribution < 1.29 is 4.42 Å². The van der Waals surface area contributed by atoms with Crippen LogP contribution in [0.3, 0.4) is 0 Å². The van der Waals surface area contributed by atoms with E-state index in [9.17, 15) is 0 Å². The third-order valence-corrected chi connectivity index (χ3v) is 17.2. The molecule has 4 bridgehead atoms. The van der Waals surface area contributed by atoms with Gasteiger partial charge in [-0.05, 0) is 164 Å². The monoisotopic (exact) mass is 923 g/mol. The lowest BCUT2D eigenvalue weighted by atomic mass is 9.48. The fourth-order valence-electron chi connectivity index (χ4n) is 14.5. The van der Waals surface area contributed by atoms with E-state index in [2.05, 4.69) is 235 Å². The number of nitrogens with zero attached hydrogens (tertiary/aromatic N) is 1. The second-order valence-corrected chi connectivity index (χ2v) is 21.4. The van der Waals surface area contributed by atoms with Gasteiger partial charge in [0.1, 0.15) is 11.3 Å². The predicted octanol–water partition coefficient (Wildman–Crippen LogP) is 19.7. The van der Waals surface area contributed by atoms with E-state index in [0.717, 1.165) is 62.2 Å². The molecule has 4 aliphatic rings.